The number of aromatic amines is 1. The van der Waals surface area contributed by atoms with Gasteiger partial charge in [0.1, 0.15) is 5.75 Å². The number of nitrogens with two attached hydrogens (primary N) is 1. The van der Waals surface area contributed by atoms with Crippen molar-refractivity contribution in [1.82, 2.24) is 15.3 Å². The van der Waals surface area contributed by atoms with Crippen LogP contribution in [0.1, 0.15) is 5.82 Å². The first-order valence-corrected chi connectivity index (χ1v) is 5.79. The minimum absolute atomic E-state index is 0.165. The number of phenols is 1. The minimum atomic E-state index is 0.165. The number of fused-ring (bicyclic) bond motifs is 1. The summed E-state index contributed by atoms with van der Waals surface area (Å²) in [6.45, 7) is 1.88. The van der Waals surface area contributed by atoms with Crippen LogP contribution in [-0.2, 0) is 0 Å². The minimum Gasteiger partial charge on any atom is -0.507 e. The number of H-pyrrole nitrogens is 1. The van der Waals surface area contributed by atoms with Crippen molar-refractivity contribution in [1.29, 1.82) is 0 Å². The van der Waals surface area contributed by atoms with Crippen LogP contribution in [0.15, 0.2) is 18.2 Å². The van der Waals surface area contributed by atoms with Gasteiger partial charge in [-0.15, -0.1) is 5.10 Å². The Morgan fingerprint density at radius 3 is 3.06 bits per heavy atom. The average molecular weight is 248 g/mol. The topological polar surface area (TPSA) is 91.9 Å². The van der Waals surface area contributed by atoms with Gasteiger partial charge in [0.2, 0.25) is 0 Å². The second-order valence-corrected chi connectivity index (χ2v) is 4.64. The van der Waals surface area contributed by atoms with Crippen molar-refractivity contribution < 1.29 is 9.62 Å². The molecule has 1 aromatic carbocycles. The maximum absolute atomic E-state index is 9.79. The highest BCUT2D eigenvalue weighted by Crippen LogP contribution is 2.32. The quantitative estimate of drug-likeness (QED) is 0.338. The molecule has 2 heterocycles. The standard InChI is InChI=1S/C10H9N5OS/c1-5-12-13-10-15(5)14-9(17-10)7-4-6(11)2-3-8(7)16/h2-4H,11H2,1H3,(H,14,16)/p+1. The van der Waals surface area contributed by atoms with Crippen LogP contribution >= 0.6 is 11.3 Å². The van der Waals surface area contributed by atoms with Gasteiger partial charge in [0.05, 0.1) is 10.7 Å². The number of benzene rings is 1. The van der Waals surface area contributed by atoms with Crippen molar-refractivity contribution in [2.24, 2.45) is 0 Å². The summed E-state index contributed by atoms with van der Waals surface area (Å²) in [6, 6.07) is 4.91. The van der Waals surface area contributed by atoms with Gasteiger partial charge in [0.25, 0.3) is 5.82 Å². The fourth-order valence-corrected chi connectivity index (χ4v) is 2.51. The van der Waals surface area contributed by atoms with Gasteiger partial charge in [-0.1, -0.05) is 9.61 Å². The summed E-state index contributed by atoms with van der Waals surface area (Å²) in [6.07, 6.45) is 0. The van der Waals surface area contributed by atoms with Gasteiger partial charge in [0, 0.05) is 12.6 Å². The molecule has 17 heavy (non-hydrogen) atoms. The van der Waals surface area contributed by atoms with Crippen molar-refractivity contribution in [2.75, 3.05) is 5.73 Å². The molecular weight excluding hydrogens is 238 g/mol. The molecule has 7 heteroatoms. The molecule has 0 fully saturated rings. The second-order valence-electron chi connectivity index (χ2n) is 3.69. The Labute approximate surface area is 100 Å². The molecule has 0 bridgehead atoms. The number of nitrogens with zero attached hydrogens (tertiary/aromatic N) is 3. The van der Waals surface area contributed by atoms with Crippen LogP contribution in [0.2, 0.25) is 0 Å². The van der Waals surface area contributed by atoms with Gasteiger partial charge >= 0.3 is 4.96 Å². The number of nitrogen functional groups attached to an aromatic ring is 1. The molecule has 3 rings (SSSR count). The number of aromatic hydroxyl groups is 1. The maximum atomic E-state index is 9.79. The van der Waals surface area contributed by atoms with Crippen LogP contribution in [-0.4, -0.2) is 20.4 Å². The van der Waals surface area contributed by atoms with E-state index < -0.39 is 0 Å². The van der Waals surface area contributed by atoms with Crippen molar-refractivity contribution in [2.45, 2.75) is 6.92 Å². The molecule has 0 saturated carbocycles. The van der Waals surface area contributed by atoms with E-state index in [0.29, 0.717) is 16.3 Å². The molecule has 86 valence electrons. The van der Waals surface area contributed by atoms with Gasteiger partial charge in [-0.05, 0) is 29.5 Å². The monoisotopic (exact) mass is 248 g/mol. The Morgan fingerprint density at radius 1 is 1.47 bits per heavy atom. The van der Waals surface area contributed by atoms with E-state index in [9.17, 15) is 5.11 Å². The molecular formula is C10H10N5OS+. The van der Waals surface area contributed by atoms with Gasteiger partial charge < -0.3 is 10.8 Å². The van der Waals surface area contributed by atoms with E-state index in [1.807, 2.05) is 6.92 Å². The fourth-order valence-electron chi connectivity index (χ4n) is 1.58. The highest BCUT2D eigenvalue weighted by molar-refractivity contribution is 7.19. The van der Waals surface area contributed by atoms with E-state index in [-0.39, 0.29) is 5.75 Å². The number of rotatable bonds is 1. The zero-order valence-corrected chi connectivity index (χ0v) is 9.82. The van der Waals surface area contributed by atoms with E-state index in [4.69, 9.17) is 5.73 Å². The Balaban J connectivity index is 2.23. The molecule has 0 aliphatic heterocycles. The number of aromatic nitrogens is 4. The fraction of sp³-hybridized carbons (Fsp3) is 0.100. The molecule has 0 radical (unpaired) electrons. The highest BCUT2D eigenvalue weighted by Gasteiger charge is 2.18. The first kappa shape index (κ1) is 10.0. The van der Waals surface area contributed by atoms with Gasteiger partial charge in [0.15, 0.2) is 5.01 Å². The summed E-state index contributed by atoms with van der Waals surface area (Å²) in [5.41, 5.74) is 6.92. The first-order valence-electron chi connectivity index (χ1n) is 4.98. The molecule has 0 atom stereocenters. The van der Waals surface area contributed by atoms with Crippen LogP contribution < -0.4 is 10.2 Å². The molecule has 6 nitrogen and oxygen atoms in total. The lowest BCUT2D eigenvalue weighted by molar-refractivity contribution is -0.582. The summed E-state index contributed by atoms with van der Waals surface area (Å²) >= 11 is 1.39. The summed E-state index contributed by atoms with van der Waals surface area (Å²) in [5, 5.41) is 21.8. The highest BCUT2D eigenvalue weighted by atomic mass is 32.1. The molecule has 0 aliphatic carbocycles. The zero-order valence-electron chi connectivity index (χ0n) is 9.01. The molecule has 4 N–H and O–H groups in total. The SMILES string of the molecule is Cc1[nH]nc2sc(-c3cc(N)ccc3O)n[n+]12. The van der Waals surface area contributed by atoms with Crippen molar-refractivity contribution in [3.63, 3.8) is 0 Å². The Kier molecular flexibility index (Phi) is 2.02. The summed E-state index contributed by atoms with van der Waals surface area (Å²) < 4.78 is 1.70. The third-order valence-electron chi connectivity index (χ3n) is 2.44. The van der Waals surface area contributed by atoms with Gasteiger partial charge in [-0.25, -0.2) is 0 Å². The molecule has 0 spiro atoms. The number of hydrogen-bond donors (Lipinski definition) is 3. The van der Waals surface area contributed by atoms with Crippen LogP contribution in [0.3, 0.4) is 0 Å². The van der Waals surface area contributed by atoms with Crippen LogP contribution in [0.5, 0.6) is 5.75 Å². The van der Waals surface area contributed by atoms with Crippen molar-refractivity contribution >= 4 is 22.0 Å². The summed E-state index contributed by atoms with van der Waals surface area (Å²) in [4.78, 5) is 0.749. The predicted octanol–water partition coefficient (Wildman–Crippen LogP) is 0.868. The predicted molar refractivity (Wildman–Crippen MR) is 63.7 cm³/mol. The van der Waals surface area contributed by atoms with Crippen LogP contribution in [0.4, 0.5) is 5.69 Å². The Morgan fingerprint density at radius 2 is 2.29 bits per heavy atom. The van der Waals surface area contributed by atoms with Crippen LogP contribution in [0, 0.1) is 6.92 Å². The van der Waals surface area contributed by atoms with Gasteiger partial charge in [-0.2, -0.15) is 0 Å². The van der Waals surface area contributed by atoms with Gasteiger partial charge in [-0.3, -0.25) is 0 Å². The smallest absolute Gasteiger partial charge is 0.384 e. The number of aryl methyl sites for hydroxylation is 1. The lowest BCUT2D eigenvalue weighted by Gasteiger charge is -2.00. The molecule has 3 aromatic rings. The van der Waals surface area contributed by atoms with Crippen LogP contribution in [0.25, 0.3) is 15.5 Å². The third kappa shape index (κ3) is 1.51. The first-order chi connectivity index (χ1) is 8.15. The average Bonchev–Trinajstić information content (AvgIpc) is 2.85. The van der Waals surface area contributed by atoms with E-state index in [1.165, 1.54) is 11.3 Å². The number of phenolic OH excluding ortho intramolecular Hbond substituents is 1. The molecule has 0 saturated heterocycles. The molecule has 0 unspecified atom stereocenters. The Hall–Kier alpha value is -2.15. The maximum Gasteiger partial charge on any atom is 0.384 e. The summed E-state index contributed by atoms with van der Waals surface area (Å²) in [7, 11) is 0. The lowest BCUT2D eigenvalue weighted by atomic mass is 10.2. The Bertz CT molecular complexity index is 702. The third-order valence-corrected chi connectivity index (χ3v) is 3.38. The molecule has 0 amide bonds. The second kappa shape index (κ2) is 3.42. The lowest BCUT2D eigenvalue weighted by Crippen LogP contribution is -2.24. The number of hydrogen-bond acceptors (Lipinski definition) is 5. The van der Waals surface area contributed by atoms with Crippen molar-refractivity contribution in [3.05, 3.63) is 24.0 Å². The largest absolute Gasteiger partial charge is 0.507 e. The normalized spacial score (nSPS) is 11.1. The van der Waals surface area contributed by atoms with Crippen molar-refractivity contribution in [3.8, 4) is 16.3 Å². The molecule has 0 aliphatic rings. The number of anilines is 1. The van der Waals surface area contributed by atoms with E-state index >= 15 is 0 Å². The van der Waals surface area contributed by atoms with E-state index in [0.717, 1.165) is 10.8 Å². The summed E-state index contributed by atoms with van der Waals surface area (Å²) in [5.74, 6) is 1.00. The molecule has 2 aromatic heterocycles. The zero-order chi connectivity index (χ0) is 12.0. The van der Waals surface area contributed by atoms with E-state index in [2.05, 4.69) is 15.3 Å². The number of nitrogens with one attached hydrogen (secondary N) is 1. The van der Waals surface area contributed by atoms with E-state index in [1.54, 1.807) is 22.7 Å².